The van der Waals surface area contributed by atoms with Crippen molar-refractivity contribution in [3.8, 4) is 0 Å². The van der Waals surface area contributed by atoms with E-state index < -0.39 is 0 Å². The Balaban J connectivity index is 1.48. The number of carbonyl (C=O) groups excluding carboxylic acids is 1. The number of nitrogens with zero attached hydrogens (tertiary/aromatic N) is 4. The molecule has 1 amide bonds. The summed E-state index contributed by atoms with van der Waals surface area (Å²) in [6, 6.07) is 10.4. The van der Waals surface area contributed by atoms with E-state index in [1.165, 1.54) is 17.4 Å². The largest absolute Gasteiger partial charge is 0.368 e. The Morgan fingerprint density at radius 1 is 1.07 bits per heavy atom. The molecule has 0 bridgehead atoms. The van der Waals surface area contributed by atoms with Crippen LogP contribution >= 0.6 is 34.9 Å². The SMILES string of the molecule is CC(C)CSc1nnc(S[C@H](C)C(=O)N2CCN(c3ccccc3)CC2)s1. The number of hydrogen-bond acceptors (Lipinski definition) is 7. The highest BCUT2D eigenvalue weighted by Gasteiger charge is 2.26. The average Bonchev–Trinajstić information content (AvgIpc) is 3.14. The lowest BCUT2D eigenvalue weighted by Gasteiger charge is -2.37. The number of para-hydroxylation sites is 1. The highest BCUT2D eigenvalue weighted by Crippen LogP contribution is 2.32. The molecular formula is C19H26N4OS3. The average molecular weight is 423 g/mol. The summed E-state index contributed by atoms with van der Waals surface area (Å²) in [6.07, 6.45) is 0. The van der Waals surface area contributed by atoms with Crippen molar-refractivity contribution >= 4 is 46.5 Å². The molecule has 0 spiro atoms. The second kappa shape index (κ2) is 9.80. The second-order valence-corrected chi connectivity index (χ2v) is 10.8. The van der Waals surface area contributed by atoms with Crippen LogP contribution in [0.25, 0.3) is 0 Å². The number of carbonyl (C=O) groups is 1. The minimum Gasteiger partial charge on any atom is -0.368 e. The highest BCUT2D eigenvalue weighted by molar-refractivity contribution is 8.03. The van der Waals surface area contributed by atoms with Gasteiger partial charge < -0.3 is 9.80 Å². The van der Waals surface area contributed by atoms with Crippen LogP contribution in [0.5, 0.6) is 0 Å². The first-order valence-corrected chi connectivity index (χ1v) is 11.9. The Bertz CT molecular complexity index is 730. The van der Waals surface area contributed by atoms with E-state index >= 15 is 0 Å². The first-order valence-electron chi connectivity index (χ1n) is 9.24. The van der Waals surface area contributed by atoms with Crippen LogP contribution in [-0.4, -0.2) is 58.2 Å². The van der Waals surface area contributed by atoms with Crippen molar-refractivity contribution in [1.29, 1.82) is 0 Å². The van der Waals surface area contributed by atoms with Crippen LogP contribution in [0.1, 0.15) is 20.8 Å². The van der Waals surface area contributed by atoms with Crippen molar-refractivity contribution in [3.05, 3.63) is 30.3 Å². The van der Waals surface area contributed by atoms with Gasteiger partial charge in [0.2, 0.25) is 5.91 Å². The molecule has 1 fully saturated rings. The van der Waals surface area contributed by atoms with Gasteiger partial charge in [0.05, 0.1) is 5.25 Å². The Labute approximate surface area is 173 Å². The molecule has 0 saturated carbocycles. The molecule has 2 heterocycles. The number of piperazine rings is 1. The predicted octanol–water partition coefficient (Wildman–Crippen LogP) is 4.12. The zero-order valence-electron chi connectivity index (χ0n) is 16.0. The van der Waals surface area contributed by atoms with Gasteiger partial charge in [0.25, 0.3) is 0 Å². The highest BCUT2D eigenvalue weighted by atomic mass is 32.2. The number of rotatable bonds is 7. The van der Waals surface area contributed by atoms with Gasteiger partial charge in [0, 0.05) is 37.6 Å². The Morgan fingerprint density at radius 2 is 1.74 bits per heavy atom. The van der Waals surface area contributed by atoms with Crippen LogP contribution in [0.15, 0.2) is 39.0 Å². The van der Waals surface area contributed by atoms with E-state index in [1.54, 1.807) is 23.1 Å². The molecule has 1 aromatic heterocycles. The van der Waals surface area contributed by atoms with Crippen LogP contribution in [-0.2, 0) is 4.79 Å². The number of thioether (sulfide) groups is 2. The number of amides is 1. The van der Waals surface area contributed by atoms with E-state index in [4.69, 9.17) is 0 Å². The normalized spacial score (nSPS) is 16.0. The fraction of sp³-hybridized carbons (Fsp3) is 0.526. The third-order valence-electron chi connectivity index (χ3n) is 4.27. The van der Waals surface area contributed by atoms with Crippen LogP contribution in [0.4, 0.5) is 5.69 Å². The van der Waals surface area contributed by atoms with Gasteiger partial charge in [0.1, 0.15) is 0 Å². The first kappa shape index (κ1) is 20.5. The molecule has 8 heteroatoms. The van der Waals surface area contributed by atoms with Crippen molar-refractivity contribution in [2.75, 3.05) is 36.8 Å². The van der Waals surface area contributed by atoms with Gasteiger partial charge in [-0.25, -0.2) is 0 Å². The molecule has 1 aliphatic heterocycles. The van der Waals surface area contributed by atoms with Crippen LogP contribution in [0, 0.1) is 5.92 Å². The number of aromatic nitrogens is 2. The minimum absolute atomic E-state index is 0.135. The van der Waals surface area contributed by atoms with E-state index in [1.807, 2.05) is 17.9 Å². The Hall–Kier alpha value is -1.25. The molecule has 0 N–H and O–H groups in total. The molecule has 27 heavy (non-hydrogen) atoms. The molecule has 0 radical (unpaired) electrons. The minimum atomic E-state index is -0.135. The fourth-order valence-electron chi connectivity index (χ4n) is 2.82. The van der Waals surface area contributed by atoms with Gasteiger partial charge in [-0.15, -0.1) is 10.2 Å². The van der Waals surface area contributed by atoms with E-state index in [9.17, 15) is 4.79 Å². The van der Waals surface area contributed by atoms with Gasteiger partial charge >= 0.3 is 0 Å². The summed E-state index contributed by atoms with van der Waals surface area (Å²) in [5, 5.41) is 8.35. The molecular weight excluding hydrogens is 396 g/mol. The van der Waals surface area contributed by atoms with Gasteiger partial charge in [-0.1, -0.05) is 66.9 Å². The van der Waals surface area contributed by atoms with Crippen molar-refractivity contribution in [3.63, 3.8) is 0 Å². The van der Waals surface area contributed by atoms with Crippen LogP contribution in [0.3, 0.4) is 0 Å². The summed E-state index contributed by atoms with van der Waals surface area (Å²) in [6.45, 7) is 9.65. The van der Waals surface area contributed by atoms with Gasteiger partial charge in [-0.05, 0) is 25.0 Å². The van der Waals surface area contributed by atoms with Crippen LogP contribution < -0.4 is 4.90 Å². The second-order valence-electron chi connectivity index (χ2n) is 6.95. The third-order valence-corrected chi connectivity index (χ3v) is 7.92. The number of hydrogen-bond donors (Lipinski definition) is 0. The Morgan fingerprint density at radius 3 is 2.41 bits per heavy atom. The maximum absolute atomic E-state index is 12.8. The van der Waals surface area contributed by atoms with Gasteiger partial charge in [0.15, 0.2) is 8.68 Å². The van der Waals surface area contributed by atoms with Crippen molar-refractivity contribution < 1.29 is 4.79 Å². The summed E-state index contributed by atoms with van der Waals surface area (Å²) in [5.41, 5.74) is 1.23. The maximum atomic E-state index is 12.8. The monoisotopic (exact) mass is 422 g/mol. The predicted molar refractivity (Wildman–Crippen MR) is 116 cm³/mol. The van der Waals surface area contributed by atoms with E-state index in [2.05, 4.69) is 53.2 Å². The number of benzene rings is 1. The van der Waals surface area contributed by atoms with Crippen molar-refractivity contribution in [1.82, 2.24) is 15.1 Å². The first-order chi connectivity index (χ1) is 13.0. The smallest absolute Gasteiger partial charge is 0.235 e. The molecule has 2 aromatic rings. The standard InChI is InChI=1S/C19H26N4OS3/c1-14(2)13-25-18-20-21-19(27-18)26-15(3)17(24)23-11-9-22(10-12-23)16-7-5-4-6-8-16/h4-8,14-15H,9-13H2,1-3H3/t15-/m1/s1. The third kappa shape index (κ3) is 5.86. The summed E-state index contributed by atoms with van der Waals surface area (Å²) in [7, 11) is 0. The van der Waals surface area contributed by atoms with Crippen molar-refractivity contribution in [2.24, 2.45) is 5.92 Å². The summed E-state index contributed by atoms with van der Waals surface area (Å²) < 4.78 is 1.87. The van der Waals surface area contributed by atoms with Gasteiger partial charge in [-0.3, -0.25) is 4.79 Å². The quantitative estimate of drug-likeness (QED) is 0.626. The molecule has 0 aliphatic carbocycles. The lowest BCUT2D eigenvalue weighted by Crippen LogP contribution is -2.50. The van der Waals surface area contributed by atoms with Crippen molar-refractivity contribution in [2.45, 2.75) is 34.7 Å². The fourth-order valence-corrected chi connectivity index (χ4v) is 6.05. The zero-order chi connectivity index (χ0) is 19.2. The van der Waals surface area contributed by atoms with E-state index in [-0.39, 0.29) is 11.2 Å². The molecule has 146 valence electrons. The zero-order valence-corrected chi connectivity index (χ0v) is 18.4. The topological polar surface area (TPSA) is 49.3 Å². The lowest BCUT2D eigenvalue weighted by atomic mass is 10.2. The molecule has 5 nitrogen and oxygen atoms in total. The van der Waals surface area contributed by atoms with E-state index in [0.29, 0.717) is 5.92 Å². The lowest BCUT2D eigenvalue weighted by molar-refractivity contribution is -0.130. The summed E-state index contributed by atoms with van der Waals surface area (Å²) in [4.78, 5) is 17.1. The molecule has 0 unspecified atom stereocenters. The summed E-state index contributed by atoms with van der Waals surface area (Å²) >= 11 is 4.86. The van der Waals surface area contributed by atoms with Gasteiger partial charge in [-0.2, -0.15) is 0 Å². The Kier molecular flexibility index (Phi) is 7.43. The maximum Gasteiger partial charge on any atom is 0.235 e. The molecule has 3 rings (SSSR count). The summed E-state index contributed by atoms with van der Waals surface area (Å²) in [5.74, 6) is 1.86. The molecule has 1 atom stereocenters. The van der Waals surface area contributed by atoms with E-state index in [0.717, 1.165) is 40.6 Å². The molecule has 1 aliphatic rings. The number of anilines is 1. The van der Waals surface area contributed by atoms with Crippen LogP contribution in [0.2, 0.25) is 0 Å². The molecule has 1 aromatic carbocycles. The molecule has 1 saturated heterocycles.